The number of aromatic nitrogens is 2. The summed E-state index contributed by atoms with van der Waals surface area (Å²) >= 11 is 0. The van der Waals surface area contributed by atoms with Crippen LogP contribution in [0.3, 0.4) is 0 Å². The second kappa shape index (κ2) is 13.5. The van der Waals surface area contributed by atoms with Gasteiger partial charge in [-0.2, -0.15) is 0 Å². The number of fused-ring (bicyclic) bond motifs is 5. The van der Waals surface area contributed by atoms with Crippen LogP contribution in [0.2, 0.25) is 0 Å². The molecule has 0 unspecified atom stereocenters. The summed E-state index contributed by atoms with van der Waals surface area (Å²) in [7, 11) is 0. The van der Waals surface area contributed by atoms with Crippen LogP contribution in [0, 0.1) is 0 Å². The van der Waals surface area contributed by atoms with Crippen molar-refractivity contribution in [3.05, 3.63) is 217 Å². The van der Waals surface area contributed by atoms with Crippen molar-refractivity contribution >= 4 is 0 Å². The normalized spacial score (nSPS) is 13.3. The fraction of sp³-hybridized carbons (Fsp3) is 0.0545. The van der Waals surface area contributed by atoms with Crippen molar-refractivity contribution in [3.8, 4) is 89.5 Å². The lowest BCUT2D eigenvalue weighted by Gasteiger charge is -2.17. The van der Waals surface area contributed by atoms with Crippen molar-refractivity contribution in [3.63, 3.8) is 0 Å². The van der Waals surface area contributed by atoms with E-state index < -0.39 is 0 Å². The van der Waals surface area contributed by atoms with Crippen LogP contribution in [0.15, 0.2) is 206 Å². The molecule has 8 aromatic carbocycles. The SMILES string of the molecule is c1ccc(-c2ccc(-c3cc(-c4cc(-c5ccccc5)cc(-c5ccccc5)c4)nc(-c4ccccc4-c4cccc5c4-c4ccccc4C54CC4)n3)cc2)cc1. The number of nitrogens with zero attached hydrogens (tertiary/aromatic N) is 2. The smallest absolute Gasteiger partial charge is 0.161 e. The molecule has 0 aliphatic heterocycles. The lowest BCUT2D eigenvalue weighted by Crippen LogP contribution is -2.03. The molecule has 0 saturated heterocycles. The average molecular weight is 727 g/mol. The summed E-state index contributed by atoms with van der Waals surface area (Å²) in [5.41, 5.74) is 20.0. The number of hydrogen-bond donors (Lipinski definition) is 0. The Labute approximate surface area is 333 Å². The molecule has 9 aromatic rings. The monoisotopic (exact) mass is 726 g/mol. The molecule has 0 amide bonds. The van der Waals surface area contributed by atoms with E-state index in [0.717, 1.165) is 44.8 Å². The maximum Gasteiger partial charge on any atom is 0.161 e. The zero-order valence-corrected chi connectivity index (χ0v) is 31.4. The predicted molar refractivity (Wildman–Crippen MR) is 236 cm³/mol. The van der Waals surface area contributed by atoms with Gasteiger partial charge in [-0.1, -0.05) is 182 Å². The Morgan fingerprint density at radius 3 is 1.35 bits per heavy atom. The summed E-state index contributed by atoms with van der Waals surface area (Å²) in [6.07, 6.45) is 2.40. The second-order valence-corrected chi connectivity index (χ2v) is 15.3. The third kappa shape index (κ3) is 5.81. The Kier molecular flexibility index (Phi) is 7.89. The van der Waals surface area contributed by atoms with E-state index in [1.54, 1.807) is 0 Å². The molecule has 57 heavy (non-hydrogen) atoms. The fourth-order valence-corrected chi connectivity index (χ4v) is 9.00. The standard InChI is InChI=1S/C55H38N2/c1-4-15-37(16-5-1)40-27-29-41(30-28-40)51-36-52(44-34-42(38-17-6-2-7-18-38)33-43(35-44)39-19-8-3-9-20-39)57-54(56-51)47-22-11-10-21-45(47)46-24-14-26-50-53(46)48-23-12-13-25-49(48)55(50)31-32-55/h1-30,33-36H,31-32H2. The van der Waals surface area contributed by atoms with E-state index in [1.807, 2.05) is 0 Å². The highest BCUT2D eigenvalue weighted by Crippen LogP contribution is 2.64. The highest BCUT2D eigenvalue weighted by molar-refractivity contribution is 5.97. The highest BCUT2D eigenvalue weighted by atomic mass is 14.9. The zero-order valence-electron chi connectivity index (χ0n) is 31.4. The van der Waals surface area contributed by atoms with Crippen LogP contribution in [0.1, 0.15) is 24.0 Å². The molecular weight excluding hydrogens is 689 g/mol. The maximum atomic E-state index is 5.49. The zero-order chi connectivity index (χ0) is 37.8. The Morgan fingerprint density at radius 2 is 0.737 bits per heavy atom. The van der Waals surface area contributed by atoms with Crippen LogP contribution in [0.4, 0.5) is 0 Å². The summed E-state index contributed by atoms with van der Waals surface area (Å²) < 4.78 is 0. The van der Waals surface area contributed by atoms with Crippen LogP contribution in [0.25, 0.3) is 89.5 Å². The van der Waals surface area contributed by atoms with E-state index in [0.29, 0.717) is 5.82 Å². The number of benzene rings is 8. The first-order chi connectivity index (χ1) is 28.2. The first kappa shape index (κ1) is 33.2. The van der Waals surface area contributed by atoms with Crippen molar-refractivity contribution in [2.45, 2.75) is 18.3 Å². The van der Waals surface area contributed by atoms with Gasteiger partial charge in [0.05, 0.1) is 11.4 Å². The van der Waals surface area contributed by atoms with Gasteiger partial charge >= 0.3 is 0 Å². The number of hydrogen-bond acceptors (Lipinski definition) is 2. The van der Waals surface area contributed by atoms with Crippen LogP contribution in [0.5, 0.6) is 0 Å². The molecule has 0 radical (unpaired) electrons. The summed E-state index contributed by atoms with van der Waals surface area (Å²) in [5, 5.41) is 0. The molecule has 2 aliphatic carbocycles. The van der Waals surface area contributed by atoms with E-state index in [2.05, 4.69) is 206 Å². The minimum Gasteiger partial charge on any atom is -0.228 e. The molecule has 268 valence electrons. The van der Waals surface area contributed by atoms with Gasteiger partial charge in [0, 0.05) is 22.1 Å². The largest absolute Gasteiger partial charge is 0.228 e. The van der Waals surface area contributed by atoms with Gasteiger partial charge in [0.15, 0.2) is 5.82 Å². The Morgan fingerprint density at radius 1 is 0.298 bits per heavy atom. The van der Waals surface area contributed by atoms with Gasteiger partial charge in [0.1, 0.15) is 0 Å². The quantitative estimate of drug-likeness (QED) is 0.163. The van der Waals surface area contributed by atoms with Gasteiger partial charge in [0.2, 0.25) is 0 Å². The molecular formula is C55H38N2. The molecule has 2 nitrogen and oxygen atoms in total. The van der Waals surface area contributed by atoms with Crippen LogP contribution in [-0.4, -0.2) is 9.97 Å². The summed E-state index contributed by atoms with van der Waals surface area (Å²) in [6.45, 7) is 0. The van der Waals surface area contributed by atoms with Gasteiger partial charge in [-0.05, 0) is 104 Å². The van der Waals surface area contributed by atoms with E-state index >= 15 is 0 Å². The molecule has 1 saturated carbocycles. The van der Waals surface area contributed by atoms with E-state index in [1.165, 1.54) is 62.9 Å². The third-order valence-corrected chi connectivity index (χ3v) is 12.0. The van der Waals surface area contributed by atoms with Gasteiger partial charge in [-0.15, -0.1) is 0 Å². The van der Waals surface area contributed by atoms with E-state index in [4.69, 9.17) is 9.97 Å². The topological polar surface area (TPSA) is 25.8 Å². The summed E-state index contributed by atoms with van der Waals surface area (Å²) in [4.78, 5) is 10.9. The molecule has 1 heterocycles. The van der Waals surface area contributed by atoms with Gasteiger partial charge in [-0.25, -0.2) is 9.97 Å². The predicted octanol–water partition coefficient (Wildman–Crippen LogP) is 14.2. The minimum atomic E-state index is 0.145. The van der Waals surface area contributed by atoms with Gasteiger partial charge in [0.25, 0.3) is 0 Å². The Bertz CT molecular complexity index is 2870. The fourth-order valence-electron chi connectivity index (χ4n) is 9.00. The minimum absolute atomic E-state index is 0.145. The lowest BCUT2D eigenvalue weighted by atomic mass is 9.89. The van der Waals surface area contributed by atoms with Crippen molar-refractivity contribution in [1.29, 1.82) is 0 Å². The first-order valence-electron chi connectivity index (χ1n) is 19.9. The molecule has 2 heteroatoms. The van der Waals surface area contributed by atoms with Gasteiger partial charge in [-0.3, -0.25) is 0 Å². The van der Waals surface area contributed by atoms with Crippen molar-refractivity contribution in [2.24, 2.45) is 0 Å². The molecule has 0 bridgehead atoms. The molecule has 2 aliphatic rings. The van der Waals surface area contributed by atoms with Crippen LogP contribution >= 0.6 is 0 Å². The Hall–Kier alpha value is -7.16. The van der Waals surface area contributed by atoms with E-state index in [9.17, 15) is 0 Å². The first-order valence-corrected chi connectivity index (χ1v) is 19.9. The number of rotatable bonds is 7. The lowest BCUT2D eigenvalue weighted by molar-refractivity contribution is 0.879. The van der Waals surface area contributed by atoms with E-state index in [-0.39, 0.29) is 5.41 Å². The third-order valence-electron chi connectivity index (χ3n) is 12.0. The molecule has 1 fully saturated rings. The average Bonchev–Trinajstić information content (AvgIpc) is 4.06. The molecule has 0 N–H and O–H groups in total. The second-order valence-electron chi connectivity index (χ2n) is 15.3. The van der Waals surface area contributed by atoms with Gasteiger partial charge < -0.3 is 0 Å². The van der Waals surface area contributed by atoms with Crippen molar-refractivity contribution < 1.29 is 0 Å². The molecule has 1 aromatic heterocycles. The summed E-state index contributed by atoms with van der Waals surface area (Å²) in [6, 6.07) is 74.2. The maximum absolute atomic E-state index is 5.49. The summed E-state index contributed by atoms with van der Waals surface area (Å²) in [5.74, 6) is 0.710. The molecule has 0 atom stereocenters. The molecule has 1 spiro atoms. The van der Waals surface area contributed by atoms with Crippen LogP contribution < -0.4 is 0 Å². The molecule has 11 rings (SSSR count). The van der Waals surface area contributed by atoms with Crippen LogP contribution in [-0.2, 0) is 5.41 Å². The van der Waals surface area contributed by atoms with Crippen molar-refractivity contribution in [1.82, 2.24) is 9.97 Å². The Balaban J connectivity index is 1.12. The van der Waals surface area contributed by atoms with Crippen molar-refractivity contribution in [2.75, 3.05) is 0 Å². The highest BCUT2D eigenvalue weighted by Gasteiger charge is 2.52.